The maximum absolute atomic E-state index is 14.1. The molecule has 0 saturated carbocycles. The molecule has 44 heavy (non-hydrogen) atoms. The molecule has 220 valence electrons. The van der Waals surface area contributed by atoms with E-state index in [1.165, 1.54) is 6.33 Å². The summed E-state index contributed by atoms with van der Waals surface area (Å²) in [6, 6.07) is 23.8. The highest BCUT2D eigenvalue weighted by molar-refractivity contribution is 6.35. The van der Waals surface area contributed by atoms with Gasteiger partial charge in [-0.2, -0.15) is 0 Å². The van der Waals surface area contributed by atoms with Crippen LogP contribution in [-0.4, -0.2) is 37.7 Å². The predicted molar refractivity (Wildman–Crippen MR) is 172 cm³/mol. The van der Waals surface area contributed by atoms with Crippen LogP contribution in [0.2, 0.25) is 5.02 Å². The van der Waals surface area contributed by atoms with E-state index in [1.807, 2.05) is 65.2 Å². The molecular formula is C34H29ClN6O3. The molecule has 9 nitrogen and oxygen atoms in total. The third kappa shape index (κ3) is 4.89. The van der Waals surface area contributed by atoms with Gasteiger partial charge in [0.1, 0.15) is 34.8 Å². The van der Waals surface area contributed by atoms with E-state index in [4.69, 9.17) is 21.3 Å². The van der Waals surface area contributed by atoms with Gasteiger partial charge in [0.25, 0.3) is 5.56 Å². The van der Waals surface area contributed by atoms with Crippen LogP contribution in [0, 0.1) is 0 Å². The number of nitrogens with zero attached hydrogens (tertiary/aromatic N) is 6. The molecule has 1 saturated heterocycles. The molecule has 1 aliphatic rings. The second kappa shape index (κ2) is 11.6. The normalized spacial score (nSPS) is 15.1. The van der Waals surface area contributed by atoms with E-state index < -0.39 is 0 Å². The Morgan fingerprint density at radius 1 is 0.909 bits per heavy atom. The van der Waals surface area contributed by atoms with Crippen molar-refractivity contribution < 1.29 is 4.74 Å². The number of benzene rings is 3. The van der Waals surface area contributed by atoms with Gasteiger partial charge in [0.15, 0.2) is 5.43 Å². The molecule has 1 atom stereocenters. The fraction of sp³-hybridized carbons (Fsp3) is 0.206. The van der Waals surface area contributed by atoms with Gasteiger partial charge in [-0.1, -0.05) is 48.0 Å². The van der Waals surface area contributed by atoms with Crippen LogP contribution in [-0.2, 0) is 6.54 Å². The Kier molecular flexibility index (Phi) is 7.31. The summed E-state index contributed by atoms with van der Waals surface area (Å²) < 4.78 is 8.91. The molecule has 10 heteroatoms. The Morgan fingerprint density at radius 3 is 2.52 bits per heavy atom. The number of ether oxygens (including phenoxy) is 1. The number of piperidine rings is 1. The number of rotatable bonds is 6. The topological polar surface area (TPSA) is 95.1 Å². The largest absolute Gasteiger partial charge is 0.497 e. The number of halogens is 1. The molecule has 1 aliphatic heterocycles. The lowest BCUT2D eigenvalue weighted by molar-refractivity contribution is 0.414. The van der Waals surface area contributed by atoms with E-state index in [1.54, 1.807) is 36.1 Å². The van der Waals surface area contributed by atoms with Crippen molar-refractivity contribution in [2.24, 2.45) is 0 Å². The molecule has 0 bridgehead atoms. The Labute approximate surface area is 258 Å². The van der Waals surface area contributed by atoms with Gasteiger partial charge in [0.05, 0.1) is 34.8 Å². The summed E-state index contributed by atoms with van der Waals surface area (Å²) >= 11 is 6.53. The first-order valence-electron chi connectivity index (χ1n) is 14.5. The van der Waals surface area contributed by atoms with Gasteiger partial charge in [-0.3, -0.25) is 14.2 Å². The Balaban J connectivity index is 1.40. The molecule has 0 unspecified atom stereocenters. The maximum Gasteiger partial charge on any atom is 0.267 e. The molecule has 0 amide bonds. The Bertz CT molecular complexity index is 2110. The van der Waals surface area contributed by atoms with Crippen molar-refractivity contribution in [3.05, 3.63) is 128 Å². The molecule has 1 fully saturated rings. The highest BCUT2D eigenvalue weighted by atomic mass is 35.5. The van der Waals surface area contributed by atoms with Crippen molar-refractivity contribution in [1.82, 2.24) is 24.1 Å². The van der Waals surface area contributed by atoms with Gasteiger partial charge in [-0.05, 0) is 61.2 Å². The van der Waals surface area contributed by atoms with Crippen molar-refractivity contribution >= 4 is 39.4 Å². The quantitative estimate of drug-likeness (QED) is 0.232. The van der Waals surface area contributed by atoms with E-state index >= 15 is 0 Å². The highest BCUT2D eigenvalue weighted by Crippen LogP contribution is 2.36. The van der Waals surface area contributed by atoms with Crippen molar-refractivity contribution in [3.63, 3.8) is 0 Å². The number of hydrogen-bond donors (Lipinski definition) is 0. The number of methoxy groups -OCH3 is 1. The average Bonchev–Trinajstić information content (AvgIpc) is 3.06. The zero-order valence-corrected chi connectivity index (χ0v) is 24.8. The van der Waals surface area contributed by atoms with Crippen molar-refractivity contribution in [1.29, 1.82) is 0 Å². The third-order valence-electron chi connectivity index (χ3n) is 8.20. The van der Waals surface area contributed by atoms with Gasteiger partial charge in [0, 0.05) is 25.4 Å². The van der Waals surface area contributed by atoms with E-state index in [0.29, 0.717) is 57.4 Å². The molecule has 0 N–H and O–H groups in total. The second-order valence-corrected chi connectivity index (χ2v) is 11.2. The average molecular weight is 605 g/mol. The highest BCUT2D eigenvalue weighted by Gasteiger charge is 2.32. The molecule has 0 aliphatic carbocycles. The van der Waals surface area contributed by atoms with Gasteiger partial charge in [-0.25, -0.2) is 15.0 Å². The van der Waals surface area contributed by atoms with Crippen LogP contribution in [0.3, 0.4) is 0 Å². The number of para-hydroxylation sites is 1. The van der Waals surface area contributed by atoms with Crippen LogP contribution < -0.4 is 20.6 Å². The monoisotopic (exact) mass is 604 g/mol. The van der Waals surface area contributed by atoms with Gasteiger partial charge >= 0.3 is 0 Å². The SMILES string of the molecule is COc1ccc(Cn2ccc(=O)c3c(N4CCCC[C@H]4c4nc5cccc(Cl)c5c(=O)n4-c4ccccc4)ncnc32)cc1. The van der Waals surface area contributed by atoms with Gasteiger partial charge in [-0.15, -0.1) is 0 Å². The summed E-state index contributed by atoms with van der Waals surface area (Å²) in [6.45, 7) is 1.16. The van der Waals surface area contributed by atoms with E-state index in [0.717, 1.165) is 30.6 Å². The molecular weight excluding hydrogens is 576 g/mol. The number of aromatic nitrogens is 5. The standard InChI is InChI=1S/C34H29ClN6O3/c1-44-24-15-13-22(14-16-24)20-39-19-17-28(42)30-32(39)36-21-37-33(30)40-18-6-5-12-27(40)31-38-26-11-7-10-25(35)29(26)34(43)41(31)23-8-3-2-4-9-23/h2-4,7-11,13-17,19,21,27H,5-6,12,18,20H2,1H3/t27-/m0/s1. The molecule has 7 rings (SSSR count). The first kappa shape index (κ1) is 27.8. The minimum Gasteiger partial charge on any atom is -0.497 e. The van der Waals surface area contributed by atoms with E-state index in [9.17, 15) is 9.59 Å². The summed E-state index contributed by atoms with van der Waals surface area (Å²) in [5, 5.41) is 1.17. The zero-order chi connectivity index (χ0) is 30.2. The number of pyridine rings is 1. The number of fused-ring (bicyclic) bond motifs is 2. The van der Waals surface area contributed by atoms with Crippen LogP contribution in [0.1, 0.15) is 36.7 Å². The van der Waals surface area contributed by atoms with Crippen LogP contribution >= 0.6 is 11.6 Å². The molecule has 3 aromatic carbocycles. The minimum atomic E-state index is -0.326. The molecule has 4 heterocycles. The summed E-state index contributed by atoms with van der Waals surface area (Å²) in [7, 11) is 1.64. The third-order valence-corrected chi connectivity index (χ3v) is 8.52. The lowest BCUT2D eigenvalue weighted by Crippen LogP contribution is -2.39. The second-order valence-electron chi connectivity index (χ2n) is 10.8. The first-order chi connectivity index (χ1) is 21.5. The Morgan fingerprint density at radius 2 is 1.73 bits per heavy atom. The summed E-state index contributed by atoms with van der Waals surface area (Å²) in [6.07, 6.45) is 5.84. The smallest absolute Gasteiger partial charge is 0.267 e. The van der Waals surface area contributed by atoms with Crippen molar-refractivity contribution in [3.8, 4) is 11.4 Å². The summed E-state index contributed by atoms with van der Waals surface area (Å²) in [5.74, 6) is 1.89. The molecule has 3 aromatic heterocycles. The van der Waals surface area contributed by atoms with Crippen LogP contribution in [0.15, 0.2) is 101 Å². The number of hydrogen-bond acceptors (Lipinski definition) is 7. The number of anilines is 1. The lowest BCUT2D eigenvalue weighted by Gasteiger charge is -2.37. The summed E-state index contributed by atoms with van der Waals surface area (Å²) in [5.41, 5.74) is 2.41. The lowest BCUT2D eigenvalue weighted by atomic mass is 10.00. The predicted octanol–water partition coefficient (Wildman–Crippen LogP) is 5.93. The molecule has 0 radical (unpaired) electrons. The maximum atomic E-state index is 14.1. The fourth-order valence-electron chi connectivity index (χ4n) is 6.10. The van der Waals surface area contributed by atoms with Crippen LogP contribution in [0.5, 0.6) is 5.75 Å². The van der Waals surface area contributed by atoms with E-state index in [2.05, 4.69) is 14.9 Å². The van der Waals surface area contributed by atoms with E-state index in [-0.39, 0.29) is 17.0 Å². The van der Waals surface area contributed by atoms with Crippen molar-refractivity contribution in [2.75, 3.05) is 18.6 Å². The first-order valence-corrected chi connectivity index (χ1v) is 14.9. The van der Waals surface area contributed by atoms with Crippen LogP contribution in [0.4, 0.5) is 5.82 Å². The molecule has 6 aromatic rings. The molecule has 0 spiro atoms. The minimum absolute atomic E-state index is 0.162. The van der Waals surface area contributed by atoms with Gasteiger partial charge < -0.3 is 14.2 Å². The fourth-order valence-corrected chi connectivity index (χ4v) is 6.35. The Hall–Kier alpha value is -5.02. The van der Waals surface area contributed by atoms with Gasteiger partial charge in [0.2, 0.25) is 0 Å². The van der Waals surface area contributed by atoms with Crippen LogP contribution in [0.25, 0.3) is 27.6 Å². The summed E-state index contributed by atoms with van der Waals surface area (Å²) in [4.78, 5) is 44.1. The zero-order valence-electron chi connectivity index (χ0n) is 24.1. The van der Waals surface area contributed by atoms with Crippen molar-refractivity contribution in [2.45, 2.75) is 31.8 Å².